The largest absolute Gasteiger partial charge is 0.347 e. The molecule has 0 saturated heterocycles. The third-order valence-electron chi connectivity index (χ3n) is 1.54. The lowest BCUT2D eigenvalue weighted by molar-refractivity contribution is -0.111. The molecule has 0 spiro atoms. The zero-order valence-electron chi connectivity index (χ0n) is 7.11. The zero-order valence-corrected chi connectivity index (χ0v) is 7.11. The Morgan fingerprint density at radius 3 is 2.50 bits per heavy atom. The predicted octanol–water partition coefficient (Wildman–Crippen LogP) is 0.458. The van der Waals surface area contributed by atoms with Crippen LogP contribution in [0.25, 0.3) is 0 Å². The molecule has 0 fully saturated rings. The number of carbonyl (C=O) groups is 1. The van der Waals surface area contributed by atoms with Crippen LogP contribution >= 0.6 is 0 Å². The maximum atomic E-state index is 10.2. The molecule has 1 N–H and O–H groups in total. The van der Waals surface area contributed by atoms with Crippen LogP contribution in [0.5, 0.6) is 0 Å². The Labute approximate surface area is 71.0 Å². The van der Waals surface area contributed by atoms with Gasteiger partial charge in [-0.3, -0.25) is 4.79 Å². The van der Waals surface area contributed by atoms with Gasteiger partial charge in [0.2, 0.25) is 6.41 Å². The Morgan fingerprint density at radius 1 is 1.42 bits per heavy atom. The van der Waals surface area contributed by atoms with Crippen molar-refractivity contribution in [3.05, 3.63) is 24.3 Å². The maximum absolute atomic E-state index is 10.2. The summed E-state index contributed by atoms with van der Waals surface area (Å²) in [7, 11) is 0. The number of hydrogen-bond acceptors (Lipinski definition) is 3. The summed E-state index contributed by atoms with van der Waals surface area (Å²) in [6.45, 7) is 3.69. The number of nitrogens with one attached hydrogen (secondary N) is 1. The minimum absolute atomic E-state index is 0.497. The van der Waals surface area contributed by atoms with Crippen LogP contribution < -0.4 is 5.32 Å². The summed E-state index contributed by atoms with van der Waals surface area (Å²) in [5, 5.41) is 2.63. The molecular formula is C8H11N3O. The number of hydrogen-bond donors (Lipinski definition) is 1. The van der Waals surface area contributed by atoms with Crippen molar-refractivity contribution >= 4 is 6.41 Å². The standard InChI is InChI=1S/C8H11N3O/c1-8(2,11-6-12)7-9-4-3-5-10-7/h3-6H,1-2H3,(H,11,12). The molecule has 4 nitrogen and oxygen atoms in total. The van der Waals surface area contributed by atoms with Gasteiger partial charge >= 0.3 is 0 Å². The first kappa shape index (κ1) is 8.64. The minimum atomic E-state index is -0.497. The number of rotatable bonds is 3. The first-order valence-electron chi connectivity index (χ1n) is 3.65. The Kier molecular flexibility index (Phi) is 2.38. The molecule has 64 valence electrons. The molecule has 4 heteroatoms. The van der Waals surface area contributed by atoms with Crippen molar-refractivity contribution in [1.82, 2.24) is 15.3 Å². The van der Waals surface area contributed by atoms with Crippen molar-refractivity contribution in [3.63, 3.8) is 0 Å². The smallest absolute Gasteiger partial charge is 0.207 e. The SMILES string of the molecule is CC(C)(NC=O)c1ncccn1. The van der Waals surface area contributed by atoms with E-state index in [1.54, 1.807) is 18.5 Å². The second-order valence-electron chi connectivity index (χ2n) is 2.96. The lowest BCUT2D eigenvalue weighted by Gasteiger charge is -2.21. The van der Waals surface area contributed by atoms with Crippen LogP contribution in [0.15, 0.2) is 18.5 Å². The molecule has 1 aromatic rings. The summed E-state index contributed by atoms with van der Waals surface area (Å²) in [6.07, 6.45) is 3.95. The van der Waals surface area contributed by atoms with Gasteiger partial charge in [0.05, 0.1) is 5.54 Å². The van der Waals surface area contributed by atoms with Crippen LogP contribution in [-0.4, -0.2) is 16.4 Å². The Morgan fingerprint density at radius 2 is 2.00 bits per heavy atom. The zero-order chi connectivity index (χ0) is 9.03. The Bertz CT molecular complexity index is 258. The van der Waals surface area contributed by atoms with Crippen molar-refractivity contribution in [1.29, 1.82) is 0 Å². The number of carbonyl (C=O) groups excluding carboxylic acids is 1. The summed E-state index contributed by atoms with van der Waals surface area (Å²) in [4.78, 5) is 18.3. The summed E-state index contributed by atoms with van der Waals surface area (Å²) in [5.41, 5.74) is -0.497. The molecule has 1 aromatic heterocycles. The fourth-order valence-corrected chi connectivity index (χ4v) is 0.834. The highest BCUT2D eigenvalue weighted by atomic mass is 16.1. The monoisotopic (exact) mass is 165 g/mol. The normalized spacial score (nSPS) is 10.8. The van der Waals surface area contributed by atoms with Crippen molar-refractivity contribution in [2.24, 2.45) is 0 Å². The van der Waals surface area contributed by atoms with E-state index in [1.807, 2.05) is 13.8 Å². The first-order chi connectivity index (χ1) is 5.67. The molecule has 0 aromatic carbocycles. The van der Waals surface area contributed by atoms with Crippen LogP contribution in [-0.2, 0) is 10.3 Å². The molecule has 12 heavy (non-hydrogen) atoms. The van der Waals surface area contributed by atoms with E-state index in [9.17, 15) is 4.79 Å². The van der Waals surface area contributed by atoms with E-state index in [1.165, 1.54) is 0 Å². The third-order valence-corrected chi connectivity index (χ3v) is 1.54. The minimum Gasteiger partial charge on any atom is -0.347 e. The molecule has 0 aliphatic rings. The highest BCUT2D eigenvalue weighted by Gasteiger charge is 2.21. The van der Waals surface area contributed by atoms with E-state index in [2.05, 4.69) is 15.3 Å². The van der Waals surface area contributed by atoms with Crippen molar-refractivity contribution in [2.45, 2.75) is 19.4 Å². The topological polar surface area (TPSA) is 54.9 Å². The molecule has 1 amide bonds. The van der Waals surface area contributed by atoms with Crippen molar-refractivity contribution in [3.8, 4) is 0 Å². The van der Waals surface area contributed by atoms with E-state index in [0.717, 1.165) is 0 Å². The van der Waals surface area contributed by atoms with E-state index < -0.39 is 5.54 Å². The molecule has 0 radical (unpaired) electrons. The molecule has 0 saturated carbocycles. The molecule has 1 rings (SSSR count). The summed E-state index contributed by atoms with van der Waals surface area (Å²) >= 11 is 0. The highest BCUT2D eigenvalue weighted by Crippen LogP contribution is 2.12. The fraction of sp³-hybridized carbons (Fsp3) is 0.375. The van der Waals surface area contributed by atoms with E-state index in [4.69, 9.17) is 0 Å². The van der Waals surface area contributed by atoms with Gasteiger partial charge in [0.15, 0.2) is 5.82 Å². The maximum Gasteiger partial charge on any atom is 0.207 e. The average molecular weight is 165 g/mol. The lowest BCUT2D eigenvalue weighted by Crippen LogP contribution is -2.37. The molecule has 0 unspecified atom stereocenters. The van der Waals surface area contributed by atoms with Gasteiger partial charge < -0.3 is 5.32 Å². The van der Waals surface area contributed by atoms with E-state index >= 15 is 0 Å². The van der Waals surface area contributed by atoms with Crippen LogP contribution in [0.3, 0.4) is 0 Å². The highest BCUT2D eigenvalue weighted by molar-refractivity contribution is 5.48. The van der Waals surface area contributed by atoms with Crippen molar-refractivity contribution < 1.29 is 4.79 Å². The van der Waals surface area contributed by atoms with Gasteiger partial charge in [0.1, 0.15) is 0 Å². The van der Waals surface area contributed by atoms with Crippen LogP contribution in [0.1, 0.15) is 19.7 Å². The number of amides is 1. The van der Waals surface area contributed by atoms with Gasteiger partial charge in [-0.1, -0.05) is 0 Å². The lowest BCUT2D eigenvalue weighted by atomic mass is 10.1. The van der Waals surface area contributed by atoms with Gasteiger partial charge in [-0.15, -0.1) is 0 Å². The van der Waals surface area contributed by atoms with Crippen LogP contribution in [0, 0.1) is 0 Å². The van der Waals surface area contributed by atoms with Crippen LogP contribution in [0.2, 0.25) is 0 Å². The van der Waals surface area contributed by atoms with Crippen LogP contribution in [0.4, 0.5) is 0 Å². The summed E-state index contributed by atoms with van der Waals surface area (Å²) < 4.78 is 0. The Hall–Kier alpha value is -1.45. The van der Waals surface area contributed by atoms with Gasteiger partial charge in [0.25, 0.3) is 0 Å². The van der Waals surface area contributed by atoms with E-state index in [-0.39, 0.29) is 0 Å². The Balaban J connectivity index is 2.89. The van der Waals surface area contributed by atoms with Gasteiger partial charge in [-0.2, -0.15) is 0 Å². The third kappa shape index (κ3) is 1.78. The second kappa shape index (κ2) is 3.30. The molecule has 0 aliphatic carbocycles. The molecule has 0 bridgehead atoms. The van der Waals surface area contributed by atoms with Crippen molar-refractivity contribution in [2.75, 3.05) is 0 Å². The van der Waals surface area contributed by atoms with Gasteiger partial charge in [-0.05, 0) is 19.9 Å². The average Bonchev–Trinajstić information content (AvgIpc) is 2.06. The quantitative estimate of drug-likeness (QED) is 0.662. The summed E-state index contributed by atoms with van der Waals surface area (Å²) in [6, 6.07) is 1.74. The second-order valence-corrected chi connectivity index (χ2v) is 2.96. The van der Waals surface area contributed by atoms with E-state index in [0.29, 0.717) is 12.2 Å². The van der Waals surface area contributed by atoms with Gasteiger partial charge in [-0.25, -0.2) is 9.97 Å². The van der Waals surface area contributed by atoms with Gasteiger partial charge in [0, 0.05) is 12.4 Å². The fourth-order valence-electron chi connectivity index (χ4n) is 0.834. The first-order valence-corrected chi connectivity index (χ1v) is 3.65. The molecular weight excluding hydrogens is 154 g/mol. The summed E-state index contributed by atoms with van der Waals surface area (Å²) in [5.74, 6) is 0.608. The molecule has 0 atom stereocenters. The number of nitrogens with zero attached hydrogens (tertiary/aromatic N) is 2. The number of aromatic nitrogens is 2. The molecule has 0 aliphatic heterocycles. The molecule has 1 heterocycles. The predicted molar refractivity (Wildman–Crippen MR) is 44.3 cm³/mol.